The number of alkyl halides is 1. The van der Waals surface area contributed by atoms with Crippen LogP contribution in [0.2, 0.25) is 5.15 Å². The third-order valence-electron chi connectivity index (χ3n) is 1.87. The maximum atomic E-state index is 11.5. The summed E-state index contributed by atoms with van der Waals surface area (Å²) < 4.78 is 0.674. The quantitative estimate of drug-likeness (QED) is 0.484. The molecule has 1 amide bonds. The minimum Gasteiger partial charge on any atom is -0.325 e. The minimum absolute atomic E-state index is 0.00280. The molecule has 1 aromatic heterocycles. The van der Waals surface area contributed by atoms with Gasteiger partial charge in [0.1, 0.15) is 5.15 Å². The fourth-order valence-electron chi connectivity index (χ4n) is 1.09. The number of nitrogens with one attached hydrogen (secondary N) is 1. The van der Waals surface area contributed by atoms with Crippen LogP contribution < -0.4 is 5.32 Å². The molecule has 1 N–H and O–H groups in total. The first kappa shape index (κ1) is 13.9. The highest BCUT2D eigenvalue weighted by molar-refractivity contribution is 9.10. The van der Waals surface area contributed by atoms with E-state index >= 15 is 0 Å². The third-order valence-corrected chi connectivity index (χ3v) is 3.56. The molecule has 0 radical (unpaired) electrons. The van der Waals surface area contributed by atoms with Crippen LogP contribution in [0.25, 0.3) is 0 Å². The van der Waals surface area contributed by atoms with Gasteiger partial charge >= 0.3 is 0 Å². The van der Waals surface area contributed by atoms with E-state index in [9.17, 15) is 4.79 Å². The highest BCUT2D eigenvalue weighted by Gasteiger charge is 2.04. The van der Waals surface area contributed by atoms with Gasteiger partial charge in [0.25, 0.3) is 0 Å². The molecule has 0 saturated heterocycles. The average Bonchev–Trinajstić information content (AvgIpc) is 2.24. The van der Waals surface area contributed by atoms with Crippen molar-refractivity contribution in [3.05, 3.63) is 21.9 Å². The molecule has 0 bridgehead atoms. The normalized spacial score (nSPS) is 10.2. The van der Waals surface area contributed by atoms with E-state index in [0.717, 1.165) is 18.2 Å². The molecule has 0 saturated carbocycles. The highest BCUT2D eigenvalue weighted by atomic mass is 79.9. The van der Waals surface area contributed by atoms with Crippen LogP contribution in [0, 0.1) is 0 Å². The van der Waals surface area contributed by atoms with Crippen molar-refractivity contribution in [3.8, 4) is 0 Å². The molecule has 0 atom stereocenters. The summed E-state index contributed by atoms with van der Waals surface area (Å²) in [5, 5.41) is 4.07. The van der Waals surface area contributed by atoms with E-state index in [4.69, 9.17) is 11.6 Å². The highest BCUT2D eigenvalue weighted by Crippen LogP contribution is 2.22. The second-order valence-electron chi connectivity index (χ2n) is 3.19. The number of rotatable bonds is 5. The summed E-state index contributed by atoms with van der Waals surface area (Å²) in [6, 6.07) is 1.73. The van der Waals surface area contributed by atoms with E-state index in [1.807, 2.05) is 0 Å². The number of carbonyl (C=O) groups excluding carboxylic acids is 1. The maximum absolute atomic E-state index is 11.5. The van der Waals surface area contributed by atoms with Crippen LogP contribution in [0.3, 0.4) is 0 Å². The maximum Gasteiger partial charge on any atom is 0.224 e. The number of nitrogens with zero attached hydrogens (tertiary/aromatic N) is 1. The monoisotopic (exact) mass is 368 g/mol. The van der Waals surface area contributed by atoms with Crippen molar-refractivity contribution >= 4 is 55.1 Å². The van der Waals surface area contributed by atoms with Gasteiger partial charge in [-0.3, -0.25) is 4.79 Å². The Balaban J connectivity index is 2.46. The molecule has 3 nitrogen and oxygen atoms in total. The zero-order valence-electron chi connectivity index (χ0n) is 8.47. The number of aromatic nitrogens is 1. The number of hydrogen-bond acceptors (Lipinski definition) is 2. The standard InChI is InChI=1S/C10H11Br2ClN2O/c11-4-2-1-3-9(16)15-7-5-8(12)10(13)14-6-7/h5-6H,1-4H2,(H,15,16). The van der Waals surface area contributed by atoms with Gasteiger partial charge < -0.3 is 5.32 Å². The van der Waals surface area contributed by atoms with Gasteiger partial charge in [0.05, 0.1) is 16.4 Å². The first-order valence-electron chi connectivity index (χ1n) is 4.80. The van der Waals surface area contributed by atoms with Gasteiger partial charge in [-0.15, -0.1) is 0 Å². The van der Waals surface area contributed by atoms with E-state index in [0.29, 0.717) is 21.7 Å². The lowest BCUT2D eigenvalue weighted by molar-refractivity contribution is -0.116. The lowest BCUT2D eigenvalue weighted by Gasteiger charge is -2.05. The molecule has 0 aliphatic carbocycles. The van der Waals surface area contributed by atoms with Gasteiger partial charge in [-0.05, 0) is 34.8 Å². The average molecular weight is 370 g/mol. The Hall–Kier alpha value is -0.130. The molecule has 0 unspecified atom stereocenters. The zero-order valence-corrected chi connectivity index (χ0v) is 12.4. The number of amides is 1. The summed E-state index contributed by atoms with van der Waals surface area (Å²) in [6.07, 6.45) is 3.93. The first-order chi connectivity index (χ1) is 7.63. The Kier molecular flexibility index (Phi) is 6.31. The molecule has 0 aromatic carbocycles. The molecular formula is C10H11Br2ClN2O. The van der Waals surface area contributed by atoms with Crippen molar-refractivity contribution < 1.29 is 4.79 Å². The van der Waals surface area contributed by atoms with Gasteiger partial charge in [-0.2, -0.15) is 0 Å². The zero-order chi connectivity index (χ0) is 12.0. The summed E-state index contributed by atoms with van der Waals surface area (Å²) in [5.41, 5.74) is 0.653. The van der Waals surface area contributed by atoms with Crippen molar-refractivity contribution in [2.24, 2.45) is 0 Å². The minimum atomic E-state index is -0.00280. The Morgan fingerprint density at radius 3 is 2.88 bits per heavy atom. The van der Waals surface area contributed by atoms with Crippen LogP contribution in [0.15, 0.2) is 16.7 Å². The van der Waals surface area contributed by atoms with Crippen LogP contribution >= 0.6 is 43.5 Å². The van der Waals surface area contributed by atoms with Crippen molar-refractivity contribution in [1.82, 2.24) is 4.98 Å². The van der Waals surface area contributed by atoms with Gasteiger partial charge in [-0.25, -0.2) is 4.98 Å². The number of unbranched alkanes of at least 4 members (excludes halogenated alkanes) is 1. The van der Waals surface area contributed by atoms with Crippen molar-refractivity contribution in [1.29, 1.82) is 0 Å². The largest absolute Gasteiger partial charge is 0.325 e. The summed E-state index contributed by atoms with van der Waals surface area (Å²) in [5.74, 6) is -0.00280. The van der Waals surface area contributed by atoms with Gasteiger partial charge in [0, 0.05) is 11.8 Å². The molecule has 6 heteroatoms. The summed E-state index contributed by atoms with van der Waals surface area (Å²) >= 11 is 12.3. The van der Waals surface area contributed by atoms with Crippen LogP contribution in [0.4, 0.5) is 5.69 Å². The van der Waals surface area contributed by atoms with E-state index < -0.39 is 0 Å². The first-order valence-corrected chi connectivity index (χ1v) is 7.09. The van der Waals surface area contributed by atoms with Crippen LogP contribution in [0.1, 0.15) is 19.3 Å². The smallest absolute Gasteiger partial charge is 0.224 e. The molecular weight excluding hydrogens is 359 g/mol. The molecule has 0 aliphatic rings. The van der Waals surface area contributed by atoms with Gasteiger partial charge in [0.15, 0.2) is 0 Å². The lowest BCUT2D eigenvalue weighted by Crippen LogP contribution is -2.11. The predicted octanol–water partition coefficient (Wildman–Crippen LogP) is 4.00. The SMILES string of the molecule is O=C(CCCCBr)Nc1cnc(Cl)c(Br)c1. The second kappa shape index (κ2) is 7.25. The van der Waals surface area contributed by atoms with Crippen LogP contribution in [-0.4, -0.2) is 16.2 Å². The van der Waals surface area contributed by atoms with Crippen LogP contribution in [0.5, 0.6) is 0 Å². The molecule has 16 heavy (non-hydrogen) atoms. The van der Waals surface area contributed by atoms with Gasteiger partial charge in [-0.1, -0.05) is 27.5 Å². The molecule has 1 rings (SSSR count). The fraction of sp³-hybridized carbons (Fsp3) is 0.400. The third kappa shape index (κ3) is 4.80. The predicted molar refractivity (Wildman–Crippen MR) is 73.2 cm³/mol. The molecule has 1 heterocycles. The second-order valence-corrected chi connectivity index (χ2v) is 5.20. The van der Waals surface area contributed by atoms with E-state index in [2.05, 4.69) is 42.2 Å². The fourth-order valence-corrected chi connectivity index (χ4v) is 1.94. The molecule has 0 aliphatic heterocycles. The molecule has 0 spiro atoms. The van der Waals surface area contributed by atoms with Gasteiger partial charge in [0.2, 0.25) is 5.91 Å². The van der Waals surface area contributed by atoms with Crippen LogP contribution in [-0.2, 0) is 4.79 Å². The van der Waals surface area contributed by atoms with E-state index in [1.165, 1.54) is 6.20 Å². The topological polar surface area (TPSA) is 42.0 Å². The Labute approximate surface area is 116 Å². The van der Waals surface area contributed by atoms with E-state index in [1.54, 1.807) is 6.07 Å². The number of halogens is 3. The van der Waals surface area contributed by atoms with Crippen molar-refractivity contribution in [2.75, 3.05) is 10.6 Å². The number of carbonyl (C=O) groups is 1. The number of hydrogen-bond donors (Lipinski definition) is 1. The molecule has 88 valence electrons. The summed E-state index contributed by atoms with van der Waals surface area (Å²) in [7, 11) is 0. The Morgan fingerprint density at radius 1 is 1.50 bits per heavy atom. The molecule has 1 aromatic rings. The number of anilines is 1. The van der Waals surface area contributed by atoms with Crippen molar-refractivity contribution in [2.45, 2.75) is 19.3 Å². The summed E-state index contributed by atoms with van der Waals surface area (Å²) in [4.78, 5) is 15.4. The number of pyridine rings is 1. The lowest BCUT2D eigenvalue weighted by atomic mass is 10.2. The van der Waals surface area contributed by atoms with Crippen molar-refractivity contribution in [3.63, 3.8) is 0 Å². The Bertz CT molecular complexity index is 374. The summed E-state index contributed by atoms with van der Waals surface area (Å²) in [6.45, 7) is 0. The Morgan fingerprint density at radius 2 is 2.25 bits per heavy atom. The van der Waals surface area contributed by atoms with E-state index in [-0.39, 0.29) is 5.91 Å². The molecule has 0 fully saturated rings.